The Morgan fingerprint density at radius 1 is 1.05 bits per heavy atom. The van der Waals surface area contributed by atoms with E-state index in [1.807, 2.05) is 30.3 Å². The molecular weight excluding hydrogens is 289 g/mol. The molecule has 1 N–H and O–H groups in total. The van der Waals surface area contributed by atoms with E-state index in [1.165, 1.54) is 6.07 Å². The summed E-state index contributed by atoms with van der Waals surface area (Å²) in [6.45, 7) is 0. The molecule has 0 saturated carbocycles. The van der Waals surface area contributed by atoms with Gasteiger partial charge in [0.05, 0.1) is 11.2 Å². The SMILES string of the molecule is OC(Cc1c(F)cccc1Cl)c1ccc2ccccc2n1. The molecule has 0 aliphatic heterocycles. The molecule has 3 rings (SSSR count). The van der Waals surface area contributed by atoms with Crippen LogP contribution >= 0.6 is 11.6 Å². The van der Waals surface area contributed by atoms with Crippen molar-refractivity contribution in [3.63, 3.8) is 0 Å². The summed E-state index contributed by atoms with van der Waals surface area (Å²) >= 11 is 5.98. The average Bonchev–Trinajstić information content (AvgIpc) is 2.50. The molecule has 0 amide bonds. The Bertz CT molecular complexity index is 770. The number of rotatable bonds is 3. The van der Waals surface area contributed by atoms with E-state index in [1.54, 1.807) is 18.2 Å². The van der Waals surface area contributed by atoms with Crippen LogP contribution in [0.5, 0.6) is 0 Å². The molecule has 21 heavy (non-hydrogen) atoms. The fraction of sp³-hybridized carbons (Fsp3) is 0.118. The van der Waals surface area contributed by atoms with Crippen molar-refractivity contribution in [2.75, 3.05) is 0 Å². The maximum absolute atomic E-state index is 13.8. The van der Waals surface area contributed by atoms with Gasteiger partial charge in [-0.05, 0) is 24.3 Å². The van der Waals surface area contributed by atoms with E-state index >= 15 is 0 Å². The number of aliphatic hydroxyl groups is 1. The average molecular weight is 302 g/mol. The van der Waals surface area contributed by atoms with Gasteiger partial charge in [-0.3, -0.25) is 4.98 Å². The summed E-state index contributed by atoms with van der Waals surface area (Å²) in [6, 6.07) is 15.8. The van der Waals surface area contributed by atoms with Crippen molar-refractivity contribution in [3.8, 4) is 0 Å². The van der Waals surface area contributed by atoms with Crippen LogP contribution in [0.2, 0.25) is 5.02 Å². The largest absolute Gasteiger partial charge is 0.386 e. The fourth-order valence-corrected chi connectivity index (χ4v) is 2.53. The normalized spacial score (nSPS) is 12.5. The topological polar surface area (TPSA) is 33.1 Å². The van der Waals surface area contributed by atoms with Gasteiger partial charge in [-0.15, -0.1) is 0 Å². The first-order valence-electron chi connectivity index (χ1n) is 6.62. The van der Waals surface area contributed by atoms with Crippen LogP contribution in [0.25, 0.3) is 10.9 Å². The molecule has 0 bridgehead atoms. The van der Waals surface area contributed by atoms with Gasteiger partial charge in [0.15, 0.2) is 0 Å². The second-order valence-corrected chi connectivity index (χ2v) is 5.26. The number of hydrogen-bond donors (Lipinski definition) is 1. The van der Waals surface area contributed by atoms with Crippen molar-refractivity contribution < 1.29 is 9.50 Å². The molecule has 0 radical (unpaired) electrons. The Labute approximate surface area is 126 Å². The zero-order valence-electron chi connectivity index (χ0n) is 11.1. The van der Waals surface area contributed by atoms with Crippen LogP contribution in [0.1, 0.15) is 17.4 Å². The van der Waals surface area contributed by atoms with Crippen LogP contribution in [0.15, 0.2) is 54.6 Å². The number of fused-ring (bicyclic) bond motifs is 1. The van der Waals surface area contributed by atoms with Crippen LogP contribution in [0.4, 0.5) is 4.39 Å². The van der Waals surface area contributed by atoms with Crippen molar-refractivity contribution in [1.29, 1.82) is 0 Å². The second kappa shape index (κ2) is 5.80. The van der Waals surface area contributed by atoms with Crippen molar-refractivity contribution in [2.45, 2.75) is 12.5 Å². The van der Waals surface area contributed by atoms with E-state index < -0.39 is 11.9 Å². The van der Waals surface area contributed by atoms with E-state index in [0.29, 0.717) is 16.3 Å². The monoisotopic (exact) mass is 301 g/mol. The fourth-order valence-electron chi connectivity index (χ4n) is 2.29. The molecule has 0 spiro atoms. The van der Waals surface area contributed by atoms with Crippen molar-refractivity contribution in [2.24, 2.45) is 0 Å². The van der Waals surface area contributed by atoms with E-state index in [0.717, 1.165) is 10.9 Å². The Hall–Kier alpha value is -1.97. The Kier molecular flexibility index (Phi) is 3.86. The van der Waals surface area contributed by atoms with Crippen molar-refractivity contribution in [3.05, 3.63) is 76.7 Å². The summed E-state index contributed by atoms with van der Waals surface area (Å²) in [5.74, 6) is -0.415. The quantitative estimate of drug-likeness (QED) is 0.782. The minimum atomic E-state index is -0.899. The van der Waals surface area contributed by atoms with Crippen LogP contribution in [-0.2, 0) is 6.42 Å². The van der Waals surface area contributed by atoms with Gasteiger partial charge in [0.25, 0.3) is 0 Å². The third kappa shape index (κ3) is 2.89. The Morgan fingerprint density at radius 3 is 2.67 bits per heavy atom. The predicted molar refractivity (Wildman–Crippen MR) is 81.8 cm³/mol. The van der Waals surface area contributed by atoms with E-state index in [2.05, 4.69) is 4.98 Å². The number of hydrogen-bond acceptors (Lipinski definition) is 2. The number of pyridine rings is 1. The first-order valence-corrected chi connectivity index (χ1v) is 6.99. The summed E-state index contributed by atoms with van der Waals surface area (Å²) in [7, 11) is 0. The highest BCUT2D eigenvalue weighted by atomic mass is 35.5. The molecule has 0 aliphatic carbocycles. The molecule has 0 saturated heterocycles. The van der Waals surface area contributed by atoms with Gasteiger partial charge in [-0.2, -0.15) is 0 Å². The zero-order valence-corrected chi connectivity index (χ0v) is 11.9. The molecule has 1 aromatic heterocycles. The standard InChI is InChI=1S/C17H13ClFNO/c18-13-5-3-6-14(19)12(13)10-17(21)16-9-8-11-4-1-2-7-15(11)20-16/h1-9,17,21H,10H2. The third-order valence-electron chi connectivity index (χ3n) is 3.42. The van der Waals surface area contributed by atoms with E-state index in [9.17, 15) is 9.50 Å². The smallest absolute Gasteiger partial charge is 0.127 e. The lowest BCUT2D eigenvalue weighted by molar-refractivity contribution is 0.172. The van der Waals surface area contributed by atoms with Gasteiger partial charge in [0.2, 0.25) is 0 Å². The molecule has 1 unspecified atom stereocenters. The lowest BCUT2D eigenvalue weighted by Gasteiger charge is -2.12. The summed E-state index contributed by atoms with van der Waals surface area (Å²) in [6.07, 6.45) is -0.805. The number of para-hydroxylation sites is 1. The van der Waals surface area contributed by atoms with Crippen LogP contribution in [0.3, 0.4) is 0 Å². The Balaban J connectivity index is 1.91. The summed E-state index contributed by atoms with van der Waals surface area (Å²) in [5, 5.41) is 11.6. The molecule has 2 nitrogen and oxygen atoms in total. The second-order valence-electron chi connectivity index (χ2n) is 4.85. The van der Waals surface area contributed by atoms with Crippen LogP contribution in [0, 0.1) is 5.82 Å². The third-order valence-corrected chi connectivity index (χ3v) is 3.77. The van der Waals surface area contributed by atoms with Gasteiger partial charge in [-0.25, -0.2) is 4.39 Å². The van der Waals surface area contributed by atoms with Crippen LogP contribution in [-0.4, -0.2) is 10.1 Å². The van der Waals surface area contributed by atoms with Gasteiger partial charge in [0.1, 0.15) is 11.9 Å². The summed E-state index contributed by atoms with van der Waals surface area (Å²) < 4.78 is 13.8. The first kappa shape index (κ1) is 14.0. The van der Waals surface area contributed by atoms with Crippen molar-refractivity contribution in [1.82, 2.24) is 4.98 Å². The highest BCUT2D eigenvalue weighted by Crippen LogP contribution is 2.26. The predicted octanol–water partition coefficient (Wildman–Crippen LogP) is 4.30. The van der Waals surface area contributed by atoms with Gasteiger partial charge >= 0.3 is 0 Å². The molecule has 3 aromatic rings. The molecule has 1 atom stereocenters. The number of aliphatic hydroxyl groups excluding tert-OH is 1. The van der Waals surface area contributed by atoms with Gasteiger partial charge in [0, 0.05) is 22.4 Å². The molecule has 4 heteroatoms. The Morgan fingerprint density at radius 2 is 1.86 bits per heavy atom. The molecule has 0 aliphatic rings. The van der Waals surface area contributed by atoms with E-state index in [-0.39, 0.29) is 6.42 Å². The molecule has 2 aromatic carbocycles. The molecule has 1 heterocycles. The number of aromatic nitrogens is 1. The maximum Gasteiger partial charge on any atom is 0.127 e. The summed E-state index contributed by atoms with van der Waals surface area (Å²) in [5.41, 5.74) is 1.61. The maximum atomic E-state index is 13.8. The van der Waals surface area contributed by atoms with E-state index in [4.69, 9.17) is 11.6 Å². The lowest BCUT2D eigenvalue weighted by Crippen LogP contribution is -2.06. The van der Waals surface area contributed by atoms with Crippen LogP contribution < -0.4 is 0 Å². The summed E-state index contributed by atoms with van der Waals surface area (Å²) in [4.78, 5) is 4.42. The minimum Gasteiger partial charge on any atom is -0.386 e. The first-order chi connectivity index (χ1) is 10.1. The highest BCUT2D eigenvalue weighted by molar-refractivity contribution is 6.31. The molecule has 0 fully saturated rings. The molecular formula is C17H13ClFNO. The molecule has 106 valence electrons. The van der Waals surface area contributed by atoms with Crippen molar-refractivity contribution >= 4 is 22.5 Å². The van der Waals surface area contributed by atoms with Gasteiger partial charge < -0.3 is 5.11 Å². The number of benzene rings is 2. The van der Waals surface area contributed by atoms with Gasteiger partial charge in [-0.1, -0.05) is 41.9 Å². The zero-order chi connectivity index (χ0) is 14.8. The number of halogens is 2. The minimum absolute atomic E-state index is 0.0941. The highest BCUT2D eigenvalue weighted by Gasteiger charge is 2.15. The lowest BCUT2D eigenvalue weighted by atomic mass is 10.0. The number of nitrogens with zero attached hydrogens (tertiary/aromatic N) is 1.